The molecule has 47 heavy (non-hydrogen) atoms. The normalized spacial score (nSPS) is 45.7. The van der Waals surface area contributed by atoms with Gasteiger partial charge in [-0.1, -0.05) is 6.07 Å². The summed E-state index contributed by atoms with van der Waals surface area (Å²) < 4.78 is 40.6. The van der Waals surface area contributed by atoms with E-state index in [2.05, 4.69) is 0 Å². The highest BCUT2D eigenvalue weighted by atomic mass is 16.8. The van der Waals surface area contributed by atoms with Crippen molar-refractivity contribution in [3.63, 3.8) is 0 Å². The second kappa shape index (κ2) is 13.2. The standard InChI is InChI=1S/C30H38O17/c1-11-19(35)21(37)23(39)28(43-11)45-25-13-6-7-41-27(46-29-24(40)22(38)20(36)16(9-31)44-29)18(13)30(26(25)47-30)10-42-17(34)5-3-12-2-4-14(32)15(33)8-12/h2-8,11,13,16,18-29,31-33,35-40H,9-10H2,1H3/b5-3+/t11-,13?,16-,18?,19+,20-,21-,22+,23+,24-,25+,26+,27+,28+,29+,30-/m1/s1. The first-order valence-corrected chi connectivity index (χ1v) is 15.0. The van der Waals surface area contributed by atoms with Gasteiger partial charge in [0.05, 0.1) is 31.0 Å². The third-order valence-electron chi connectivity index (χ3n) is 9.30. The van der Waals surface area contributed by atoms with Gasteiger partial charge in [0, 0.05) is 12.0 Å². The Morgan fingerprint density at radius 1 is 0.894 bits per heavy atom. The molecule has 3 saturated heterocycles. The lowest BCUT2D eigenvalue weighted by Gasteiger charge is -2.44. The summed E-state index contributed by atoms with van der Waals surface area (Å²) in [5, 5.41) is 90.9. The number of ether oxygens (including phenoxy) is 7. The molecular formula is C30H38O17. The summed E-state index contributed by atoms with van der Waals surface area (Å²) in [5.41, 5.74) is -0.917. The molecule has 1 aromatic carbocycles. The van der Waals surface area contributed by atoms with Gasteiger partial charge in [-0.25, -0.2) is 4.79 Å². The van der Waals surface area contributed by atoms with E-state index in [1.165, 1.54) is 37.5 Å². The first-order valence-electron chi connectivity index (χ1n) is 15.0. The molecular weight excluding hydrogens is 632 g/mol. The smallest absolute Gasteiger partial charge is 0.330 e. The number of carbonyl (C=O) groups excluding carboxylic acids is 1. The zero-order valence-electron chi connectivity index (χ0n) is 24.9. The van der Waals surface area contributed by atoms with E-state index >= 15 is 0 Å². The quantitative estimate of drug-likeness (QED) is 0.0546. The third-order valence-corrected chi connectivity index (χ3v) is 9.30. The van der Waals surface area contributed by atoms with Crippen molar-refractivity contribution in [2.45, 2.75) is 92.4 Å². The molecule has 0 spiro atoms. The summed E-state index contributed by atoms with van der Waals surface area (Å²) in [7, 11) is 0. The van der Waals surface area contributed by atoms with Gasteiger partial charge in [-0.05, 0) is 36.8 Å². The van der Waals surface area contributed by atoms with Gasteiger partial charge in [0.15, 0.2) is 24.1 Å². The summed E-state index contributed by atoms with van der Waals surface area (Å²) in [6.45, 7) is 0.445. The van der Waals surface area contributed by atoms with Crippen molar-refractivity contribution in [1.29, 1.82) is 0 Å². The number of carbonyl (C=O) groups is 1. The molecule has 4 fully saturated rings. The van der Waals surface area contributed by atoms with Crippen LogP contribution in [0.4, 0.5) is 0 Å². The Morgan fingerprint density at radius 2 is 1.60 bits per heavy atom. The fraction of sp³-hybridized carbons (Fsp3) is 0.633. The number of hydrogen-bond donors (Lipinski definition) is 9. The Balaban J connectivity index is 1.22. The van der Waals surface area contributed by atoms with Crippen molar-refractivity contribution in [1.82, 2.24) is 0 Å². The second-order valence-electron chi connectivity index (χ2n) is 12.2. The van der Waals surface area contributed by atoms with Gasteiger partial charge in [-0.3, -0.25) is 0 Å². The largest absolute Gasteiger partial charge is 0.504 e. The van der Waals surface area contributed by atoms with E-state index in [-0.39, 0.29) is 18.1 Å². The molecule has 0 aromatic heterocycles. The van der Waals surface area contributed by atoms with Crippen LogP contribution in [0.2, 0.25) is 0 Å². The second-order valence-corrected chi connectivity index (χ2v) is 12.2. The molecule has 0 amide bonds. The lowest BCUT2D eigenvalue weighted by atomic mass is 9.85. The summed E-state index contributed by atoms with van der Waals surface area (Å²) >= 11 is 0. The highest BCUT2D eigenvalue weighted by molar-refractivity contribution is 5.87. The molecule has 9 N–H and O–H groups in total. The van der Waals surface area contributed by atoms with Gasteiger partial charge in [-0.2, -0.15) is 0 Å². The molecule has 16 atom stereocenters. The molecule has 4 aliphatic heterocycles. The van der Waals surface area contributed by atoms with Gasteiger partial charge in [0.2, 0.25) is 6.29 Å². The van der Waals surface area contributed by atoms with Crippen LogP contribution >= 0.6 is 0 Å². The first kappa shape index (κ1) is 34.0. The number of phenols is 2. The number of aromatic hydroxyl groups is 2. The van der Waals surface area contributed by atoms with E-state index in [0.717, 1.165) is 6.08 Å². The molecule has 4 heterocycles. The third kappa shape index (κ3) is 6.23. The van der Waals surface area contributed by atoms with Crippen molar-refractivity contribution < 1.29 is 83.9 Å². The first-order chi connectivity index (χ1) is 22.4. The van der Waals surface area contributed by atoms with E-state index < -0.39 is 110 Å². The number of epoxide rings is 1. The number of aliphatic hydroxyl groups is 7. The molecule has 1 aliphatic carbocycles. The predicted molar refractivity (Wildman–Crippen MR) is 150 cm³/mol. The van der Waals surface area contributed by atoms with Crippen molar-refractivity contribution in [2.75, 3.05) is 13.2 Å². The summed E-state index contributed by atoms with van der Waals surface area (Å²) in [6, 6.07) is 3.96. The Labute approximate surface area is 267 Å². The molecule has 0 bridgehead atoms. The highest BCUT2D eigenvalue weighted by Gasteiger charge is 2.77. The number of benzene rings is 1. The molecule has 17 nitrogen and oxygen atoms in total. The Morgan fingerprint density at radius 3 is 2.30 bits per heavy atom. The zero-order chi connectivity index (χ0) is 33.8. The molecule has 6 rings (SSSR count). The minimum absolute atomic E-state index is 0.330. The summed E-state index contributed by atoms with van der Waals surface area (Å²) in [6.07, 6.45) is -12.4. The number of rotatable bonds is 9. The fourth-order valence-corrected chi connectivity index (χ4v) is 6.61. The monoisotopic (exact) mass is 670 g/mol. The van der Waals surface area contributed by atoms with Crippen LogP contribution in [0, 0.1) is 11.8 Å². The SMILES string of the molecule is C[C@H]1O[C@@H](O[C@H]2C3C=CO[C@@H](O[C@@H]4O[C@H](CO)[C@@H](O)[C@H](O)[C@H]4O)C3[C@@]3(COC(=O)/C=C/c4ccc(O)c(O)c4)O[C@@H]23)[C@@H](O)[C@H](O)[C@H]1O. The van der Waals surface area contributed by atoms with E-state index in [4.69, 9.17) is 33.2 Å². The van der Waals surface area contributed by atoms with Gasteiger partial charge >= 0.3 is 5.97 Å². The van der Waals surface area contributed by atoms with Crippen molar-refractivity contribution in [3.05, 3.63) is 42.2 Å². The van der Waals surface area contributed by atoms with E-state index in [1.807, 2.05) is 0 Å². The molecule has 0 radical (unpaired) electrons. The molecule has 1 saturated carbocycles. The predicted octanol–water partition coefficient (Wildman–Crippen LogP) is -3.06. The summed E-state index contributed by atoms with van der Waals surface area (Å²) in [4.78, 5) is 12.8. The van der Waals surface area contributed by atoms with Crippen LogP contribution in [0.25, 0.3) is 6.08 Å². The molecule has 1 aromatic rings. The number of hydrogen-bond acceptors (Lipinski definition) is 17. The lowest BCUT2D eigenvalue weighted by Crippen LogP contribution is -2.60. The van der Waals surface area contributed by atoms with Crippen LogP contribution in [-0.4, -0.2) is 151 Å². The Kier molecular flexibility index (Phi) is 9.53. The molecule has 17 heteroatoms. The maximum absolute atomic E-state index is 12.8. The minimum atomic E-state index is -1.75. The number of esters is 1. The molecule has 2 unspecified atom stereocenters. The average molecular weight is 671 g/mol. The lowest BCUT2D eigenvalue weighted by molar-refractivity contribution is -0.347. The topological polar surface area (TPSA) is 267 Å². The highest BCUT2D eigenvalue weighted by Crippen LogP contribution is 2.61. The van der Waals surface area contributed by atoms with Crippen molar-refractivity contribution >= 4 is 12.0 Å². The van der Waals surface area contributed by atoms with Crippen molar-refractivity contribution in [3.8, 4) is 11.5 Å². The van der Waals surface area contributed by atoms with Gasteiger partial charge < -0.3 is 79.1 Å². The Bertz CT molecular complexity index is 1350. The van der Waals surface area contributed by atoms with Crippen molar-refractivity contribution in [2.24, 2.45) is 11.8 Å². The number of phenolic OH excluding ortho intramolecular Hbond substituents is 2. The maximum Gasteiger partial charge on any atom is 0.330 e. The van der Waals surface area contributed by atoms with Crippen LogP contribution in [0.15, 0.2) is 36.6 Å². The van der Waals surface area contributed by atoms with Crippen LogP contribution in [-0.2, 0) is 38.0 Å². The average Bonchev–Trinajstić information content (AvgIpc) is 3.72. The van der Waals surface area contributed by atoms with Gasteiger partial charge in [0.25, 0.3) is 0 Å². The molecule has 260 valence electrons. The fourth-order valence-electron chi connectivity index (χ4n) is 6.61. The Hall–Kier alpha value is -2.91. The van der Waals surface area contributed by atoms with Crippen LogP contribution in [0.3, 0.4) is 0 Å². The number of aliphatic hydroxyl groups excluding tert-OH is 7. The van der Waals surface area contributed by atoms with Crippen LogP contribution in [0.1, 0.15) is 12.5 Å². The van der Waals surface area contributed by atoms with E-state index in [9.17, 15) is 50.8 Å². The van der Waals surface area contributed by atoms with E-state index in [0.29, 0.717) is 5.56 Å². The van der Waals surface area contributed by atoms with Crippen LogP contribution < -0.4 is 0 Å². The molecule has 5 aliphatic rings. The maximum atomic E-state index is 12.8. The van der Waals surface area contributed by atoms with Crippen LogP contribution in [0.5, 0.6) is 11.5 Å². The summed E-state index contributed by atoms with van der Waals surface area (Å²) in [5.74, 6) is -2.96. The zero-order valence-corrected chi connectivity index (χ0v) is 24.9. The number of fused-ring (bicyclic) bond motifs is 3. The minimum Gasteiger partial charge on any atom is -0.504 e. The van der Waals surface area contributed by atoms with E-state index in [1.54, 1.807) is 6.08 Å². The van der Waals surface area contributed by atoms with Gasteiger partial charge in [0.1, 0.15) is 61.0 Å². The van der Waals surface area contributed by atoms with Gasteiger partial charge in [-0.15, -0.1) is 0 Å².